The highest BCUT2D eigenvalue weighted by molar-refractivity contribution is 6.77. The van der Waals surface area contributed by atoms with E-state index >= 15 is 0 Å². The van der Waals surface area contributed by atoms with Gasteiger partial charge in [0.1, 0.15) is 54.2 Å². The van der Waals surface area contributed by atoms with Crippen molar-refractivity contribution in [3.63, 3.8) is 0 Å². The Hall–Kier alpha value is -5.48. The van der Waals surface area contributed by atoms with Crippen LogP contribution < -0.4 is 14.8 Å². The molecule has 2 fully saturated rings. The number of aromatic nitrogens is 4. The fourth-order valence-corrected chi connectivity index (χ4v) is 15.6. The van der Waals surface area contributed by atoms with Gasteiger partial charge in [-0.1, -0.05) is 114 Å². The summed E-state index contributed by atoms with van der Waals surface area (Å²) in [4.78, 5) is 28.3. The lowest BCUT2D eigenvalue weighted by Crippen LogP contribution is -2.50. The first-order valence-corrected chi connectivity index (χ1v) is 24.6. The Morgan fingerprint density at radius 1 is 0.754 bits per heavy atom. The Morgan fingerprint density at radius 2 is 1.29 bits per heavy atom. The Kier molecular flexibility index (Phi) is 13.3. The Bertz CT molecular complexity index is 2480. The quantitative estimate of drug-likeness (QED) is 0.0692. The first kappa shape index (κ1) is 46.1. The molecule has 1 amide bonds. The van der Waals surface area contributed by atoms with Gasteiger partial charge in [0, 0.05) is 5.56 Å². The molecular formula is C51H61N5O8Si. The number of benzene rings is 4. The molecule has 4 aromatic carbocycles. The molecule has 4 heterocycles. The summed E-state index contributed by atoms with van der Waals surface area (Å²) in [5.74, 6) is 0.867. The lowest BCUT2D eigenvalue weighted by molar-refractivity contribution is -0.199. The number of nitrogens with one attached hydrogen (secondary N) is 1. The topological polar surface area (TPSA) is 137 Å². The number of carbonyl (C=O) groups is 1. The molecule has 65 heavy (non-hydrogen) atoms. The van der Waals surface area contributed by atoms with Crippen LogP contribution in [0.5, 0.6) is 11.5 Å². The van der Waals surface area contributed by atoms with E-state index in [-0.39, 0.29) is 18.3 Å². The maximum atomic E-state index is 13.7. The van der Waals surface area contributed by atoms with E-state index in [2.05, 4.69) is 64.0 Å². The molecule has 0 radical (unpaired) electrons. The number of carbonyl (C=O) groups excluding carboxylic acids is 1. The van der Waals surface area contributed by atoms with Crippen LogP contribution in [0.25, 0.3) is 11.2 Å². The fourth-order valence-electron chi connectivity index (χ4n) is 10.2. The molecule has 0 aliphatic carbocycles. The number of imidazole rings is 1. The smallest absolute Gasteiger partial charge is 0.256 e. The average molecular weight is 900 g/mol. The first-order chi connectivity index (χ1) is 31.2. The maximum Gasteiger partial charge on any atom is 0.256 e. The van der Waals surface area contributed by atoms with Gasteiger partial charge < -0.3 is 38.2 Å². The van der Waals surface area contributed by atoms with Gasteiger partial charge in [0.25, 0.3) is 5.91 Å². The summed E-state index contributed by atoms with van der Waals surface area (Å²) in [7, 11) is 0.988. The normalized spacial score (nSPS) is 19.6. The van der Waals surface area contributed by atoms with E-state index in [1.54, 1.807) is 26.4 Å². The average Bonchev–Trinajstić information content (AvgIpc) is 3.95. The van der Waals surface area contributed by atoms with Gasteiger partial charge in [-0.05, 0) is 83.6 Å². The van der Waals surface area contributed by atoms with Crippen molar-refractivity contribution >= 4 is 31.2 Å². The number of hydrogen-bond donors (Lipinski definition) is 1. The van der Waals surface area contributed by atoms with Crippen LogP contribution in [-0.2, 0) is 35.6 Å². The van der Waals surface area contributed by atoms with Crippen molar-refractivity contribution in [1.82, 2.24) is 19.5 Å². The van der Waals surface area contributed by atoms with Gasteiger partial charge in [-0.3, -0.25) is 9.36 Å². The highest BCUT2D eigenvalue weighted by Gasteiger charge is 2.58. The van der Waals surface area contributed by atoms with E-state index < -0.39 is 44.2 Å². The highest BCUT2D eigenvalue weighted by atomic mass is 28.4. The minimum Gasteiger partial charge on any atom is -0.497 e. The van der Waals surface area contributed by atoms with Gasteiger partial charge in [-0.25, -0.2) is 15.0 Å². The van der Waals surface area contributed by atoms with Crippen LogP contribution in [0.3, 0.4) is 0 Å². The molecule has 6 aromatic rings. The molecule has 2 saturated heterocycles. The molecule has 1 N–H and O–H groups in total. The van der Waals surface area contributed by atoms with E-state index in [9.17, 15) is 4.79 Å². The van der Waals surface area contributed by atoms with Gasteiger partial charge >= 0.3 is 0 Å². The molecule has 0 saturated carbocycles. The predicted molar refractivity (Wildman–Crippen MR) is 252 cm³/mol. The molecular weight excluding hydrogens is 839 g/mol. The SMILES string of the molecule is COc1ccc(C(OCc2nc3c(NC(=O)c4ccccc4)ncnc3n2[C@@H]2O[C@H](CO[Si](C(C)C)(C(C)C)C(C)C)[C@H]3OC(C)(C)O[C@H]32)(c2ccccc2)c2ccc(OC)cc2)cc1. The third-order valence-corrected chi connectivity index (χ3v) is 19.1. The molecule has 2 aliphatic rings. The second-order valence-corrected chi connectivity index (χ2v) is 23.6. The van der Waals surface area contributed by atoms with E-state index in [0.29, 0.717) is 57.3 Å². The molecule has 8 rings (SSSR count). The van der Waals surface area contributed by atoms with Crippen LogP contribution in [0.4, 0.5) is 5.82 Å². The standard InChI is InChI=1S/C51H61N5O8Si/c1-32(2)65(33(3)4,34(5)6)61-29-41-44-45(64-50(7,8)63-44)49(62-41)56-42(54-43-46(52-31-53-47(43)56)55-48(57)35-17-13-11-14-18-35)30-60-51(36-19-15-12-16-20-36,37-21-25-39(58-9)26-22-37)38-23-27-40(59-10)28-24-38/h11-28,31-34,41,44-45,49H,29-30H2,1-10H3,(H,52,53,55,57)/t41-,44-,45-,49-/m1/s1. The molecule has 2 aromatic heterocycles. The molecule has 0 spiro atoms. The minimum atomic E-state index is -2.30. The molecule has 0 bridgehead atoms. The zero-order chi connectivity index (χ0) is 46.1. The van der Waals surface area contributed by atoms with Crippen molar-refractivity contribution in [3.8, 4) is 11.5 Å². The van der Waals surface area contributed by atoms with E-state index in [4.69, 9.17) is 42.8 Å². The highest BCUT2D eigenvalue weighted by Crippen LogP contribution is 2.48. The molecule has 13 nitrogen and oxygen atoms in total. The molecule has 342 valence electrons. The van der Waals surface area contributed by atoms with E-state index in [1.807, 2.05) is 103 Å². The molecule has 0 unspecified atom stereocenters. The van der Waals surface area contributed by atoms with Crippen molar-refractivity contribution < 1.29 is 37.6 Å². The number of ether oxygens (including phenoxy) is 6. The van der Waals surface area contributed by atoms with Crippen molar-refractivity contribution in [2.24, 2.45) is 0 Å². The van der Waals surface area contributed by atoms with Crippen LogP contribution in [0.2, 0.25) is 16.6 Å². The number of amides is 1. The van der Waals surface area contributed by atoms with E-state index in [1.165, 1.54) is 6.33 Å². The van der Waals surface area contributed by atoms with Crippen molar-refractivity contribution in [3.05, 3.63) is 144 Å². The number of hydrogen-bond acceptors (Lipinski definition) is 11. The largest absolute Gasteiger partial charge is 0.497 e. The Morgan fingerprint density at radius 3 is 1.85 bits per heavy atom. The zero-order valence-electron chi connectivity index (χ0n) is 39.0. The summed E-state index contributed by atoms with van der Waals surface area (Å²) in [6.45, 7) is 17.8. The summed E-state index contributed by atoms with van der Waals surface area (Å²) < 4.78 is 48.3. The summed E-state index contributed by atoms with van der Waals surface area (Å²) in [6, 6.07) is 34.8. The predicted octanol–water partition coefficient (Wildman–Crippen LogP) is 10.2. The monoisotopic (exact) mass is 899 g/mol. The van der Waals surface area contributed by atoms with Crippen molar-refractivity contribution in [1.29, 1.82) is 0 Å². The van der Waals surface area contributed by atoms with Crippen molar-refractivity contribution in [2.45, 2.75) is 115 Å². The number of methoxy groups -OCH3 is 2. The number of fused-ring (bicyclic) bond motifs is 2. The zero-order valence-corrected chi connectivity index (χ0v) is 40.0. The summed E-state index contributed by atoms with van der Waals surface area (Å²) in [5.41, 5.74) is 3.78. The lowest BCUT2D eigenvalue weighted by Gasteiger charge is -2.43. The van der Waals surface area contributed by atoms with Gasteiger partial charge in [0.05, 0.1) is 20.8 Å². The molecule has 14 heteroatoms. The summed E-state index contributed by atoms with van der Waals surface area (Å²) >= 11 is 0. The summed E-state index contributed by atoms with van der Waals surface area (Å²) in [6.07, 6.45) is -0.899. The van der Waals surface area contributed by atoms with E-state index in [0.717, 1.165) is 16.7 Å². The summed E-state index contributed by atoms with van der Waals surface area (Å²) in [5, 5.41) is 3.00. The van der Waals surface area contributed by atoms with Gasteiger partial charge in [0.15, 0.2) is 37.3 Å². The number of nitrogens with zero attached hydrogens (tertiary/aromatic N) is 4. The fraction of sp³-hybridized carbons (Fsp3) is 0.412. The van der Waals surface area contributed by atoms with Gasteiger partial charge in [0.2, 0.25) is 0 Å². The molecule has 4 atom stereocenters. The van der Waals surface area contributed by atoms with Gasteiger partial charge in [-0.15, -0.1) is 0 Å². The second-order valence-electron chi connectivity index (χ2n) is 18.2. The second kappa shape index (κ2) is 18.8. The van der Waals surface area contributed by atoms with Crippen LogP contribution in [0.1, 0.15) is 94.5 Å². The van der Waals surface area contributed by atoms with Crippen LogP contribution >= 0.6 is 0 Å². The third-order valence-electron chi connectivity index (χ3n) is 13.0. The molecule has 2 aliphatic heterocycles. The Labute approximate surface area is 382 Å². The van der Waals surface area contributed by atoms with Crippen molar-refractivity contribution in [2.75, 3.05) is 26.1 Å². The first-order valence-electron chi connectivity index (χ1n) is 22.4. The van der Waals surface area contributed by atoms with Crippen LogP contribution in [-0.4, -0.2) is 78.7 Å². The van der Waals surface area contributed by atoms with Crippen LogP contribution in [0, 0.1) is 0 Å². The lowest BCUT2D eigenvalue weighted by atomic mass is 9.80. The number of anilines is 1. The maximum absolute atomic E-state index is 13.7. The minimum absolute atomic E-state index is 0.0535. The van der Waals surface area contributed by atoms with Crippen LogP contribution in [0.15, 0.2) is 116 Å². The third kappa shape index (κ3) is 8.71. The Balaban J connectivity index is 1.27. The number of rotatable bonds is 17. The van der Waals surface area contributed by atoms with Gasteiger partial charge in [-0.2, -0.15) is 0 Å².